The fourth-order valence-electron chi connectivity index (χ4n) is 2.88. The highest BCUT2D eigenvalue weighted by atomic mass is 16.5. The number of pyridine rings is 1. The van der Waals surface area contributed by atoms with Crippen molar-refractivity contribution in [2.24, 2.45) is 0 Å². The summed E-state index contributed by atoms with van der Waals surface area (Å²) in [6.45, 7) is 4.54. The molecule has 0 aliphatic carbocycles. The molecular formula is C22H21NO2. The van der Waals surface area contributed by atoms with E-state index in [9.17, 15) is 4.79 Å². The molecule has 126 valence electrons. The maximum absolute atomic E-state index is 12.6. The summed E-state index contributed by atoms with van der Waals surface area (Å²) >= 11 is 0. The van der Waals surface area contributed by atoms with Gasteiger partial charge in [-0.1, -0.05) is 42.5 Å². The molecule has 0 bridgehead atoms. The van der Waals surface area contributed by atoms with Crippen LogP contribution in [-0.2, 0) is 6.42 Å². The first kappa shape index (κ1) is 16.9. The molecule has 0 amide bonds. The Hall–Kier alpha value is -2.94. The molecular weight excluding hydrogens is 310 g/mol. The molecule has 0 atom stereocenters. The molecule has 1 aromatic heterocycles. The second kappa shape index (κ2) is 7.75. The van der Waals surface area contributed by atoms with Crippen LogP contribution < -0.4 is 4.74 Å². The lowest BCUT2D eigenvalue weighted by atomic mass is 9.95. The van der Waals surface area contributed by atoms with Crippen molar-refractivity contribution in [1.29, 1.82) is 0 Å². The van der Waals surface area contributed by atoms with Crippen LogP contribution in [0.3, 0.4) is 0 Å². The summed E-state index contributed by atoms with van der Waals surface area (Å²) in [5, 5.41) is 0. The first-order valence-electron chi connectivity index (χ1n) is 8.44. The lowest BCUT2D eigenvalue weighted by Gasteiger charge is -2.15. The molecule has 0 aliphatic rings. The molecule has 3 rings (SSSR count). The number of aromatic nitrogens is 1. The van der Waals surface area contributed by atoms with E-state index in [4.69, 9.17) is 4.74 Å². The lowest BCUT2D eigenvalue weighted by molar-refractivity contribution is 0.0991. The van der Waals surface area contributed by atoms with Gasteiger partial charge in [-0.25, -0.2) is 0 Å². The number of ketones is 1. The summed E-state index contributed by atoms with van der Waals surface area (Å²) in [5.41, 5.74) is 4.80. The number of hydrogen-bond acceptors (Lipinski definition) is 3. The average molecular weight is 331 g/mol. The molecule has 0 unspecified atom stereocenters. The van der Waals surface area contributed by atoms with E-state index in [1.165, 1.54) is 0 Å². The van der Waals surface area contributed by atoms with Gasteiger partial charge in [-0.05, 0) is 37.1 Å². The number of carbonyl (C=O) groups excluding carboxylic acids is 1. The molecule has 0 fully saturated rings. The topological polar surface area (TPSA) is 39.2 Å². The van der Waals surface area contributed by atoms with Crippen LogP contribution in [-0.4, -0.2) is 17.4 Å². The third-order valence-corrected chi connectivity index (χ3v) is 4.16. The Kier molecular flexibility index (Phi) is 5.24. The number of ether oxygens (including phenoxy) is 1. The SMILES string of the molecule is CCOc1cc(-c2cccnc2)cc(C)c1CC(=O)c1ccccc1. The molecule has 25 heavy (non-hydrogen) atoms. The number of aryl methyl sites for hydroxylation is 1. The summed E-state index contributed by atoms with van der Waals surface area (Å²) in [5.74, 6) is 0.865. The normalized spacial score (nSPS) is 10.5. The van der Waals surface area contributed by atoms with E-state index in [-0.39, 0.29) is 5.78 Å². The van der Waals surface area contributed by atoms with Crippen LogP contribution in [0.5, 0.6) is 5.75 Å². The quantitative estimate of drug-likeness (QED) is 0.604. The zero-order valence-corrected chi connectivity index (χ0v) is 14.5. The Morgan fingerprint density at radius 3 is 2.52 bits per heavy atom. The number of Topliss-reactive ketones (excluding diaryl/α,β-unsaturated/α-hetero) is 1. The van der Waals surface area contributed by atoms with Crippen molar-refractivity contribution in [1.82, 2.24) is 4.98 Å². The number of nitrogens with zero attached hydrogens (tertiary/aromatic N) is 1. The van der Waals surface area contributed by atoms with Crippen LogP contribution in [0.2, 0.25) is 0 Å². The molecule has 0 aliphatic heterocycles. The van der Waals surface area contributed by atoms with E-state index < -0.39 is 0 Å². The monoisotopic (exact) mass is 331 g/mol. The van der Waals surface area contributed by atoms with Gasteiger partial charge in [0.1, 0.15) is 5.75 Å². The standard InChI is InChI=1S/C22H21NO2/c1-3-25-22-13-19(18-10-7-11-23-15-18)12-16(2)20(22)14-21(24)17-8-5-4-6-9-17/h4-13,15H,3,14H2,1-2H3. The van der Waals surface area contributed by atoms with Crippen molar-refractivity contribution in [3.63, 3.8) is 0 Å². The predicted octanol–water partition coefficient (Wildman–Crippen LogP) is 4.88. The molecule has 0 saturated carbocycles. The van der Waals surface area contributed by atoms with E-state index in [2.05, 4.69) is 11.1 Å². The second-order valence-corrected chi connectivity index (χ2v) is 5.91. The van der Waals surface area contributed by atoms with Gasteiger partial charge in [0.15, 0.2) is 5.78 Å². The number of carbonyl (C=O) groups is 1. The lowest BCUT2D eigenvalue weighted by Crippen LogP contribution is -2.08. The highest BCUT2D eigenvalue weighted by Gasteiger charge is 2.15. The van der Waals surface area contributed by atoms with Gasteiger partial charge < -0.3 is 4.74 Å². The summed E-state index contributed by atoms with van der Waals surface area (Å²) in [4.78, 5) is 16.8. The van der Waals surface area contributed by atoms with Gasteiger partial charge in [-0.2, -0.15) is 0 Å². The van der Waals surface area contributed by atoms with Crippen LogP contribution >= 0.6 is 0 Å². The fourth-order valence-corrected chi connectivity index (χ4v) is 2.88. The highest BCUT2D eigenvalue weighted by molar-refractivity contribution is 5.98. The first-order valence-corrected chi connectivity index (χ1v) is 8.44. The Morgan fingerprint density at radius 2 is 1.84 bits per heavy atom. The molecule has 0 radical (unpaired) electrons. The van der Waals surface area contributed by atoms with Crippen molar-refractivity contribution < 1.29 is 9.53 Å². The van der Waals surface area contributed by atoms with Crippen LogP contribution in [0.4, 0.5) is 0 Å². The van der Waals surface area contributed by atoms with Crippen LogP contribution in [0.15, 0.2) is 67.0 Å². The molecule has 3 aromatic rings. The van der Waals surface area contributed by atoms with Gasteiger partial charge in [0.2, 0.25) is 0 Å². The number of rotatable bonds is 6. The van der Waals surface area contributed by atoms with Crippen molar-refractivity contribution >= 4 is 5.78 Å². The third-order valence-electron chi connectivity index (χ3n) is 4.16. The minimum Gasteiger partial charge on any atom is -0.494 e. The number of benzene rings is 2. The Balaban J connectivity index is 1.97. The summed E-state index contributed by atoms with van der Waals surface area (Å²) < 4.78 is 5.84. The van der Waals surface area contributed by atoms with Gasteiger partial charge in [0.05, 0.1) is 6.61 Å². The van der Waals surface area contributed by atoms with Crippen LogP contribution in [0.25, 0.3) is 11.1 Å². The largest absolute Gasteiger partial charge is 0.494 e. The zero-order valence-electron chi connectivity index (χ0n) is 14.5. The Bertz CT molecular complexity index is 858. The molecule has 2 aromatic carbocycles. The molecule has 3 heteroatoms. The fraction of sp³-hybridized carbons (Fsp3) is 0.182. The van der Waals surface area contributed by atoms with E-state index in [0.717, 1.165) is 33.6 Å². The van der Waals surface area contributed by atoms with E-state index >= 15 is 0 Å². The van der Waals surface area contributed by atoms with Crippen molar-refractivity contribution in [2.75, 3.05) is 6.61 Å². The molecule has 1 heterocycles. The van der Waals surface area contributed by atoms with Gasteiger partial charge in [0.25, 0.3) is 0 Å². The van der Waals surface area contributed by atoms with E-state index in [1.54, 1.807) is 6.20 Å². The average Bonchev–Trinajstić information content (AvgIpc) is 2.65. The van der Waals surface area contributed by atoms with Crippen LogP contribution in [0, 0.1) is 6.92 Å². The van der Waals surface area contributed by atoms with E-state index in [1.807, 2.05) is 68.6 Å². The minimum atomic E-state index is 0.0961. The van der Waals surface area contributed by atoms with Crippen molar-refractivity contribution in [2.45, 2.75) is 20.3 Å². The summed E-state index contributed by atoms with van der Waals surface area (Å²) in [6, 6.07) is 17.4. The van der Waals surface area contributed by atoms with E-state index in [0.29, 0.717) is 13.0 Å². The van der Waals surface area contributed by atoms with Gasteiger partial charge in [-0.3, -0.25) is 9.78 Å². The van der Waals surface area contributed by atoms with Crippen molar-refractivity contribution in [3.05, 3.63) is 83.7 Å². The minimum absolute atomic E-state index is 0.0961. The predicted molar refractivity (Wildman–Crippen MR) is 100 cm³/mol. The molecule has 0 N–H and O–H groups in total. The maximum Gasteiger partial charge on any atom is 0.167 e. The molecule has 3 nitrogen and oxygen atoms in total. The molecule has 0 spiro atoms. The van der Waals surface area contributed by atoms with Gasteiger partial charge >= 0.3 is 0 Å². The smallest absolute Gasteiger partial charge is 0.167 e. The van der Waals surface area contributed by atoms with Gasteiger partial charge in [0, 0.05) is 35.5 Å². The second-order valence-electron chi connectivity index (χ2n) is 5.91. The van der Waals surface area contributed by atoms with Gasteiger partial charge in [-0.15, -0.1) is 0 Å². The summed E-state index contributed by atoms with van der Waals surface area (Å²) in [7, 11) is 0. The first-order chi connectivity index (χ1) is 12.2. The maximum atomic E-state index is 12.6. The molecule has 0 saturated heterocycles. The third kappa shape index (κ3) is 3.94. The Labute approximate surface area is 148 Å². The highest BCUT2D eigenvalue weighted by Crippen LogP contribution is 2.31. The Morgan fingerprint density at radius 1 is 1.04 bits per heavy atom. The summed E-state index contributed by atoms with van der Waals surface area (Å²) in [6.07, 6.45) is 3.92. The van der Waals surface area contributed by atoms with Crippen LogP contribution in [0.1, 0.15) is 28.4 Å². The van der Waals surface area contributed by atoms with Crippen molar-refractivity contribution in [3.8, 4) is 16.9 Å². The number of hydrogen-bond donors (Lipinski definition) is 0. The zero-order chi connectivity index (χ0) is 17.6.